The predicted molar refractivity (Wildman–Crippen MR) is 64.9 cm³/mol. The highest BCUT2D eigenvalue weighted by Gasteiger charge is 2.13. The summed E-state index contributed by atoms with van der Waals surface area (Å²) in [5.74, 6) is -1.56. The quantitative estimate of drug-likeness (QED) is 0.642. The molecule has 4 N–H and O–H groups in total. The molecule has 0 unspecified atom stereocenters. The second-order valence-corrected chi connectivity index (χ2v) is 3.37. The van der Waals surface area contributed by atoms with Crippen LogP contribution in [0.15, 0.2) is 30.3 Å². The van der Waals surface area contributed by atoms with Gasteiger partial charge in [0, 0.05) is 0 Å². The highest BCUT2D eigenvalue weighted by Crippen LogP contribution is 2.02. The molecule has 1 atom stereocenters. The Balaban J connectivity index is 0.000000494. The van der Waals surface area contributed by atoms with Gasteiger partial charge in [0.1, 0.15) is 12.6 Å². The van der Waals surface area contributed by atoms with E-state index >= 15 is 0 Å². The van der Waals surface area contributed by atoms with Crippen LogP contribution in [-0.4, -0.2) is 41.9 Å². The van der Waals surface area contributed by atoms with Crippen LogP contribution in [0.5, 0.6) is 0 Å². The summed E-state index contributed by atoms with van der Waals surface area (Å²) in [5, 5.41) is 15.0. The van der Waals surface area contributed by atoms with E-state index in [2.05, 4.69) is 4.74 Å². The molecule has 0 aliphatic carbocycles. The average molecular weight is 255 g/mol. The fraction of sp³-hybridized carbons (Fsp3) is 0.333. The number of esters is 1. The Bertz CT molecular complexity index is 366. The van der Waals surface area contributed by atoms with Crippen molar-refractivity contribution in [1.29, 1.82) is 0 Å². The van der Waals surface area contributed by atoms with Crippen molar-refractivity contribution in [1.82, 2.24) is 0 Å². The number of carbonyl (C=O) groups excluding carboxylic acids is 1. The van der Waals surface area contributed by atoms with E-state index in [9.17, 15) is 4.79 Å². The van der Waals surface area contributed by atoms with Gasteiger partial charge in [-0.05, 0) is 12.0 Å². The molecular formula is C12H17NO5. The molecule has 0 amide bonds. The van der Waals surface area contributed by atoms with Gasteiger partial charge >= 0.3 is 11.9 Å². The van der Waals surface area contributed by atoms with Crippen molar-refractivity contribution in [2.45, 2.75) is 12.5 Å². The topological polar surface area (TPSA) is 110 Å². The third-order valence-corrected chi connectivity index (χ3v) is 1.94. The van der Waals surface area contributed by atoms with Gasteiger partial charge in [-0.2, -0.15) is 0 Å². The van der Waals surface area contributed by atoms with Crippen LogP contribution in [0.4, 0.5) is 0 Å². The lowest BCUT2D eigenvalue weighted by Crippen LogP contribution is -2.33. The first-order valence-corrected chi connectivity index (χ1v) is 5.21. The Morgan fingerprint density at radius 2 is 1.83 bits per heavy atom. The lowest BCUT2D eigenvalue weighted by molar-refractivity contribution is -0.142. The van der Waals surface area contributed by atoms with Gasteiger partial charge in [-0.15, -0.1) is 0 Å². The third-order valence-electron chi connectivity index (χ3n) is 1.94. The Morgan fingerprint density at radius 1 is 1.33 bits per heavy atom. The number of benzene rings is 1. The molecule has 0 fully saturated rings. The molecule has 6 heteroatoms. The first kappa shape index (κ1) is 16.1. The zero-order valence-corrected chi connectivity index (χ0v) is 10.1. The molecule has 100 valence electrons. The number of aliphatic hydroxyl groups excluding tert-OH is 1. The van der Waals surface area contributed by atoms with Crippen molar-refractivity contribution < 1.29 is 24.5 Å². The largest absolute Gasteiger partial charge is 0.480 e. The number of nitrogens with two attached hydrogens (primary N) is 1. The zero-order valence-electron chi connectivity index (χ0n) is 10.1. The minimum Gasteiger partial charge on any atom is -0.480 e. The Kier molecular flexibility index (Phi) is 8.17. The molecular weight excluding hydrogens is 238 g/mol. The monoisotopic (exact) mass is 255 g/mol. The number of hydrogen-bond donors (Lipinski definition) is 3. The van der Waals surface area contributed by atoms with E-state index < -0.39 is 18.6 Å². The summed E-state index contributed by atoms with van der Waals surface area (Å²) in [5.41, 5.74) is 6.63. The molecule has 0 spiro atoms. The van der Waals surface area contributed by atoms with E-state index in [0.29, 0.717) is 6.42 Å². The van der Waals surface area contributed by atoms with Gasteiger partial charge in [0.05, 0.1) is 7.11 Å². The SMILES string of the molecule is COC(=O)[C@@H](N)Cc1ccccc1.O=C(O)CO. The maximum absolute atomic E-state index is 11.0. The van der Waals surface area contributed by atoms with Crippen molar-refractivity contribution in [3.05, 3.63) is 35.9 Å². The van der Waals surface area contributed by atoms with Crippen LogP contribution in [-0.2, 0) is 20.7 Å². The molecule has 1 aromatic rings. The standard InChI is InChI=1S/C10H13NO2.C2H4O3/c1-13-10(12)9(11)7-8-5-3-2-4-6-8;3-1-2(4)5/h2-6,9H,7,11H2,1H3;3H,1H2,(H,4,5)/t9-;/m0./s1. The number of ether oxygens (including phenoxy) is 1. The van der Waals surface area contributed by atoms with Crippen molar-refractivity contribution in [2.75, 3.05) is 13.7 Å². The minimum absolute atomic E-state index is 0.371. The van der Waals surface area contributed by atoms with E-state index in [4.69, 9.17) is 20.7 Å². The van der Waals surface area contributed by atoms with Gasteiger partial charge < -0.3 is 20.7 Å². The highest BCUT2D eigenvalue weighted by atomic mass is 16.5. The van der Waals surface area contributed by atoms with E-state index in [1.165, 1.54) is 7.11 Å². The van der Waals surface area contributed by atoms with Crippen molar-refractivity contribution in [3.63, 3.8) is 0 Å². The molecule has 0 aromatic heterocycles. The fourth-order valence-electron chi connectivity index (χ4n) is 1.10. The predicted octanol–water partition coefficient (Wildman–Crippen LogP) is -0.207. The Labute approximate surface area is 105 Å². The minimum atomic E-state index is -1.19. The van der Waals surface area contributed by atoms with Crippen molar-refractivity contribution in [2.24, 2.45) is 5.73 Å². The second-order valence-electron chi connectivity index (χ2n) is 3.37. The van der Waals surface area contributed by atoms with E-state index in [1.807, 2.05) is 30.3 Å². The van der Waals surface area contributed by atoms with Gasteiger partial charge in [0.2, 0.25) is 0 Å². The lowest BCUT2D eigenvalue weighted by atomic mass is 10.1. The van der Waals surface area contributed by atoms with Gasteiger partial charge in [0.25, 0.3) is 0 Å². The first-order valence-electron chi connectivity index (χ1n) is 5.21. The fourth-order valence-corrected chi connectivity index (χ4v) is 1.10. The smallest absolute Gasteiger partial charge is 0.329 e. The highest BCUT2D eigenvalue weighted by molar-refractivity contribution is 5.75. The maximum atomic E-state index is 11.0. The zero-order chi connectivity index (χ0) is 14.0. The number of carbonyl (C=O) groups is 2. The van der Waals surface area contributed by atoms with Crippen LogP contribution < -0.4 is 5.73 Å². The summed E-state index contributed by atoms with van der Waals surface area (Å²) < 4.78 is 4.52. The summed E-state index contributed by atoms with van der Waals surface area (Å²) in [6.07, 6.45) is 0.521. The molecule has 0 aliphatic heterocycles. The summed E-state index contributed by atoms with van der Waals surface area (Å²) in [7, 11) is 1.34. The summed E-state index contributed by atoms with van der Waals surface area (Å²) >= 11 is 0. The number of methoxy groups -OCH3 is 1. The summed E-state index contributed by atoms with van der Waals surface area (Å²) in [6, 6.07) is 9.06. The van der Waals surface area contributed by atoms with Gasteiger partial charge in [-0.1, -0.05) is 30.3 Å². The molecule has 0 bridgehead atoms. The Morgan fingerprint density at radius 3 is 2.22 bits per heavy atom. The molecule has 0 saturated carbocycles. The number of carboxylic acids is 1. The molecule has 0 aliphatic rings. The number of rotatable bonds is 4. The third kappa shape index (κ3) is 7.37. The normalized spacial score (nSPS) is 10.8. The van der Waals surface area contributed by atoms with Crippen LogP contribution in [0.25, 0.3) is 0 Å². The van der Waals surface area contributed by atoms with E-state index in [1.54, 1.807) is 0 Å². The molecule has 1 aromatic carbocycles. The summed E-state index contributed by atoms with van der Waals surface area (Å²) in [6.45, 7) is -0.778. The molecule has 0 radical (unpaired) electrons. The molecule has 18 heavy (non-hydrogen) atoms. The van der Waals surface area contributed by atoms with Crippen LogP contribution in [0.1, 0.15) is 5.56 Å². The van der Waals surface area contributed by atoms with Crippen LogP contribution in [0.2, 0.25) is 0 Å². The maximum Gasteiger partial charge on any atom is 0.329 e. The van der Waals surface area contributed by atoms with Crippen molar-refractivity contribution >= 4 is 11.9 Å². The van der Waals surface area contributed by atoms with Gasteiger partial charge in [0.15, 0.2) is 0 Å². The number of aliphatic carboxylic acids is 1. The molecule has 1 rings (SSSR count). The van der Waals surface area contributed by atoms with Gasteiger partial charge in [-0.3, -0.25) is 4.79 Å². The average Bonchev–Trinajstić information content (AvgIpc) is 2.39. The molecule has 6 nitrogen and oxygen atoms in total. The van der Waals surface area contributed by atoms with Crippen LogP contribution in [0.3, 0.4) is 0 Å². The van der Waals surface area contributed by atoms with Crippen LogP contribution in [0, 0.1) is 0 Å². The Hall–Kier alpha value is -1.92. The van der Waals surface area contributed by atoms with E-state index in [0.717, 1.165) is 5.56 Å². The first-order chi connectivity index (χ1) is 8.51. The lowest BCUT2D eigenvalue weighted by Gasteiger charge is -2.08. The molecule has 0 heterocycles. The molecule has 0 saturated heterocycles. The second kappa shape index (κ2) is 9.15. The number of aliphatic hydroxyl groups is 1. The van der Waals surface area contributed by atoms with Gasteiger partial charge in [-0.25, -0.2) is 4.79 Å². The number of carboxylic acid groups (broad SMARTS) is 1. The van der Waals surface area contributed by atoms with Crippen molar-refractivity contribution in [3.8, 4) is 0 Å². The van der Waals surface area contributed by atoms with Crippen LogP contribution >= 0.6 is 0 Å². The number of hydrogen-bond acceptors (Lipinski definition) is 5. The summed E-state index contributed by atoms with van der Waals surface area (Å²) in [4.78, 5) is 20.1. The van der Waals surface area contributed by atoms with E-state index in [-0.39, 0.29) is 5.97 Å².